The average Bonchev–Trinajstić information content (AvgIpc) is 3.52. The zero-order valence-corrected chi connectivity index (χ0v) is 27.6. The molecule has 46 heavy (non-hydrogen) atoms. The monoisotopic (exact) mass is 639 g/mol. The van der Waals surface area contributed by atoms with Gasteiger partial charge >= 0.3 is 0 Å². The fourth-order valence-electron chi connectivity index (χ4n) is 6.14. The smallest absolute Gasteiger partial charge is 0.289 e. The molecule has 1 aromatic carbocycles. The summed E-state index contributed by atoms with van der Waals surface area (Å²) in [7, 11) is 0. The van der Waals surface area contributed by atoms with E-state index in [4.69, 9.17) is 4.74 Å². The second-order valence-corrected chi connectivity index (χ2v) is 13.0. The highest BCUT2D eigenvalue weighted by atomic mass is 16.5. The van der Waals surface area contributed by atoms with Gasteiger partial charge in [0, 0.05) is 13.1 Å². The number of ketones is 1. The van der Waals surface area contributed by atoms with E-state index in [9.17, 15) is 29.1 Å². The van der Waals surface area contributed by atoms with Crippen LogP contribution >= 0.6 is 0 Å². The Kier molecular flexibility index (Phi) is 14.2. The Morgan fingerprint density at radius 3 is 2.50 bits per heavy atom. The van der Waals surface area contributed by atoms with Crippen molar-refractivity contribution in [1.29, 1.82) is 0 Å². The average molecular weight is 640 g/mol. The molecule has 1 heterocycles. The molecule has 1 aliphatic carbocycles. The van der Waals surface area contributed by atoms with Crippen LogP contribution in [-0.2, 0) is 30.4 Å². The topological polar surface area (TPSA) is 157 Å². The van der Waals surface area contributed by atoms with Crippen LogP contribution in [-0.4, -0.2) is 77.7 Å². The lowest BCUT2D eigenvalue weighted by atomic mass is 9.83. The molecule has 3 atom stereocenters. The summed E-state index contributed by atoms with van der Waals surface area (Å²) in [5.41, 5.74) is -0.377. The van der Waals surface area contributed by atoms with Crippen LogP contribution in [0.2, 0.25) is 0 Å². The van der Waals surface area contributed by atoms with Crippen molar-refractivity contribution in [3.63, 3.8) is 0 Å². The van der Waals surface area contributed by atoms with Crippen LogP contribution in [0.1, 0.15) is 90.5 Å². The Labute approximate surface area is 272 Å². The first-order chi connectivity index (χ1) is 21.9. The number of Topliss-reactive ketones (excluding diaryl/α,β-unsaturated/α-hetero) is 1. The molecule has 3 rings (SSSR count). The van der Waals surface area contributed by atoms with Gasteiger partial charge in [0.1, 0.15) is 17.8 Å². The summed E-state index contributed by atoms with van der Waals surface area (Å²) in [5, 5.41) is 20.1. The first-order valence-electron chi connectivity index (χ1n) is 16.7. The molecular weight excluding hydrogens is 588 g/mol. The highest BCUT2D eigenvalue weighted by Gasteiger charge is 2.41. The molecule has 11 nitrogen and oxygen atoms in total. The van der Waals surface area contributed by atoms with E-state index < -0.39 is 41.3 Å². The molecule has 1 saturated carbocycles. The number of hydrogen-bond donors (Lipinski definition) is 3. The van der Waals surface area contributed by atoms with E-state index >= 15 is 0 Å². The molecule has 0 bridgehead atoms. The molecule has 1 aromatic rings. The number of hydrogen-bond acceptors (Lipinski definition) is 7. The molecule has 1 aliphatic heterocycles. The number of carbonyl (C=O) groups excluding carboxylic acids is 5. The van der Waals surface area contributed by atoms with Gasteiger partial charge in [0.05, 0.1) is 19.1 Å². The van der Waals surface area contributed by atoms with Crippen LogP contribution in [0.3, 0.4) is 0 Å². The Bertz CT molecular complexity index is 1220. The van der Waals surface area contributed by atoms with Crippen LogP contribution in [0.15, 0.2) is 36.9 Å². The summed E-state index contributed by atoms with van der Waals surface area (Å²) in [6.07, 6.45) is 8.34. The highest BCUT2D eigenvalue weighted by molar-refractivity contribution is 6.38. The minimum atomic E-state index is -1.09. The minimum Gasteiger partial charge on any atom is -0.850 e. The SMILES string of the molecule is C=CCNC(=O)C(=O)C(CCC)NC(=O)[C@@H]1CCCN1C(=O)C(NC(=O)Cc1cccc(OCCC(C)(C)[O-])c1)C1CCCCC1. The summed E-state index contributed by atoms with van der Waals surface area (Å²) in [6.45, 7) is 9.37. The van der Waals surface area contributed by atoms with Gasteiger partial charge in [0.15, 0.2) is 0 Å². The third-order valence-electron chi connectivity index (χ3n) is 8.62. The zero-order valence-electron chi connectivity index (χ0n) is 27.6. The van der Waals surface area contributed by atoms with Crippen molar-refractivity contribution in [3.05, 3.63) is 42.5 Å². The lowest BCUT2D eigenvalue weighted by Crippen LogP contribution is -2.58. The summed E-state index contributed by atoms with van der Waals surface area (Å²) in [4.78, 5) is 67.6. The number of ether oxygens (including phenoxy) is 1. The van der Waals surface area contributed by atoms with Gasteiger partial charge in [-0.25, -0.2) is 0 Å². The quantitative estimate of drug-likeness (QED) is 0.174. The van der Waals surface area contributed by atoms with E-state index in [1.165, 1.54) is 11.0 Å². The molecule has 11 heteroatoms. The van der Waals surface area contributed by atoms with Crippen LogP contribution in [0.5, 0.6) is 5.75 Å². The van der Waals surface area contributed by atoms with Crippen molar-refractivity contribution in [2.75, 3.05) is 19.7 Å². The third-order valence-corrected chi connectivity index (χ3v) is 8.62. The van der Waals surface area contributed by atoms with Gasteiger partial charge in [-0.15, -0.1) is 12.2 Å². The Balaban J connectivity index is 1.70. The minimum absolute atomic E-state index is 0.0411. The van der Waals surface area contributed by atoms with Crippen molar-refractivity contribution in [2.24, 2.45) is 5.92 Å². The van der Waals surface area contributed by atoms with Crippen LogP contribution in [0.4, 0.5) is 0 Å². The molecule has 254 valence electrons. The molecule has 0 radical (unpaired) electrons. The van der Waals surface area contributed by atoms with Crippen LogP contribution in [0, 0.1) is 5.92 Å². The number of benzene rings is 1. The highest BCUT2D eigenvalue weighted by Crippen LogP contribution is 2.29. The number of nitrogens with zero attached hydrogens (tertiary/aromatic N) is 1. The lowest BCUT2D eigenvalue weighted by Gasteiger charge is -2.35. The van der Waals surface area contributed by atoms with Gasteiger partial charge in [0.2, 0.25) is 23.5 Å². The molecular formula is C35H51N4O7-. The Morgan fingerprint density at radius 2 is 1.83 bits per heavy atom. The standard InChI is InChI=1S/C35H51N4O7/c1-5-12-27(31(41)33(43)36-19-6-2)37-32(42)28-17-11-20-39(28)34(44)30(25-14-8-7-9-15-25)38-29(40)23-24-13-10-16-26(22-24)46-21-18-35(3,4)45/h6,10,13,16,22,25,27-28,30H,2,5,7-9,11-12,14-15,17-21,23H2,1,3-4H3,(H,36,43)(H,37,42)(H,38,40)/q-1/t27?,28-,30?/m0/s1. The first kappa shape index (κ1) is 36.7. The van der Waals surface area contributed by atoms with E-state index in [0.29, 0.717) is 43.5 Å². The molecule has 0 aromatic heterocycles. The second-order valence-electron chi connectivity index (χ2n) is 13.0. The van der Waals surface area contributed by atoms with Crippen molar-refractivity contribution in [1.82, 2.24) is 20.9 Å². The zero-order chi connectivity index (χ0) is 33.7. The maximum atomic E-state index is 14.1. The van der Waals surface area contributed by atoms with E-state index in [1.807, 2.05) is 13.0 Å². The predicted octanol–water partition coefficient (Wildman–Crippen LogP) is 2.35. The number of amides is 4. The van der Waals surface area contributed by atoms with E-state index in [-0.39, 0.29) is 43.7 Å². The maximum absolute atomic E-state index is 14.1. The Hall–Kier alpha value is -3.73. The number of likely N-dealkylation sites (tertiary alicyclic amines) is 1. The molecule has 2 aliphatic rings. The van der Waals surface area contributed by atoms with Gasteiger partial charge < -0.3 is 30.7 Å². The number of rotatable bonds is 17. The van der Waals surface area contributed by atoms with Gasteiger partial charge in [-0.3, -0.25) is 24.0 Å². The molecule has 4 amide bonds. The van der Waals surface area contributed by atoms with E-state index in [2.05, 4.69) is 22.5 Å². The fourth-order valence-corrected chi connectivity index (χ4v) is 6.14. The van der Waals surface area contributed by atoms with Gasteiger partial charge in [-0.2, -0.15) is 0 Å². The number of nitrogens with one attached hydrogen (secondary N) is 3. The largest absolute Gasteiger partial charge is 0.850 e. The normalized spacial score (nSPS) is 18.3. The van der Waals surface area contributed by atoms with Gasteiger partial charge in [-0.1, -0.05) is 64.7 Å². The Morgan fingerprint density at radius 1 is 1.09 bits per heavy atom. The summed E-state index contributed by atoms with van der Waals surface area (Å²) in [6, 6.07) is 4.56. The second kappa shape index (κ2) is 17.8. The molecule has 3 N–H and O–H groups in total. The third kappa shape index (κ3) is 11.3. The molecule has 0 spiro atoms. The van der Waals surface area contributed by atoms with Crippen molar-refractivity contribution >= 4 is 29.4 Å². The molecule has 1 saturated heterocycles. The van der Waals surface area contributed by atoms with Crippen molar-refractivity contribution in [3.8, 4) is 5.75 Å². The van der Waals surface area contributed by atoms with E-state index in [1.54, 1.807) is 32.0 Å². The first-order valence-corrected chi connectivity index (χ1v) is 16.7. The van der Waals surface area contributed by atoms with E-state index in [0.717, 1.165) is 32.1 Å². The van der Waals surface area contributed by atoms with Gasteiger partial charge in [-0.05, 0) is 62.1 Å². The fraction of sp³-hybridized carbons (Fsp3) is 0.629. The van der Waals surface area contributed by atoms with Crippen LogP contribution < -0.4 is 25.8 Å². The van der Waals surface area contributed by atoms with Crippen molar-refractivity contribution < 1.29 is 33.8 Å². The summed E-state index contributed by atoms with van der Waals surface area (Å²) >= 11 is 0. The van der Waals surface area contributed by atoms with Gasteiger partial charge in [0.25, 0.3) is 5.91 Å². The summed E-state index contributed by atoms with van der Waals surface area (Å²) < 4.78 is 5.73. The van der Waals surface area contributed by atoms with Crippen molar-refractivity contribution in [2.45, 2.75) is 115 Å². The summed E-state index contributed by atoms with van der Waals surface area (Å²) in [5.74, 6) is -2.08. The predicted molar refractivity (Wildman–Crippen MR) is 173 cm³/mol. The lowest BCUT2D eigenvalue weighted by molar-refractivity contribution is -0.467. The maximum Gasteiger partial charge on any atom is 0.289 e. The molecule has 2 unspecified atom stereocenters. The molecule has 2 fully saturated rings. The van der Waals surface area contributed by atoms with Crippen LogP contribution in [0.25, 0.3) is 0 Å². The number of carbonyl (C=O) groups is 5.